The molecule has 94 valence electrons. The van der Waals surface area contributed by atoms with E-state index in [-0.39, 0.29) is 5.56 Å². The van der Waals surface area contributed by atoms with Crippen molar-refractivity contribution in [2.45, 2.75) is 6.18 Å². The molecule has 1 aromatic heterocycles. The molecule has 18 heavy (non-hydrogen) atoms. The molecule has 0 spiro atoms. The van der Waals surface area contributed by atoms with Crippen molar-refractivity contribution >= 4 is 0 Å². The highest BCUT2D eigenvalue weighted by molar-refractivity contribution is 5.63. The second kappa shape index (κ2) is 4.29. The van der Waals surface area contributed by atoms with Gasteiger partial charge in [0.05, 0.1) is 5.56 Å². The maximum absolute atomic E-state index is 13.1. The van der Waals surface area contributed by atoms with Crippen LogP contribution in [0.25, 0.3) is 11.1 Å². The molecule has 0 saturated carbocycles. The van der Waals surface area contributed by atoms with Crippen LogP contribution in [0.15, 0.2) is 42.7 Å². The lowest BCUT2D eigenvalue weighted by Gasteiger charge is -2.09. The molecule has 6 heteroatoms. The van der Waals surface area contributed by atoms with Crippen LogP contribution in [-0.2, 0) is 6.18 Å². The molecule has 0 bridgehead atoms. The lowest BCUT2D eigenvalue weighted by molar-refractivity contribution is -0.904. The summed E-state index contributed by atoms with van der Waals surface area (Å²) in [6, 6.07) is 5.62. The Hall–Kier alpha value is -2.11. The fourth-order valence-corrected chi connectivity index (χ4v) is 1.53. The first kappa shape index (κ1) is 12.3. The van der Waals surface area contributed by atoms with Crippen LogP contribution in [0.4, 0.5) is 17.6 Å². The highest BCUT2D eigenvalue weighted by Gasteiger charge is 2.34. The summed E-state index contributed by atoms with van der Waals surface area (Å²) in [5.41, 5.74) is -0.629. The molecule has 0 saturated heterocycles. The van der Waals surface area contributed by atoms with Crippen molar-refractivity contribution in [2.24, 2.45) is 0 Å². The van der Waals surface area contributed by atoms with Gasteiger partial charge < -0.3 is 0 Å². The van der Waals surface area contributed by atoms with E-state index in [9.17, 15) is 17.6 Å². The lowest BCUT2D eigenvalue weighted by atomic mass is 10.0. The van der Waals surface area contributed by atoms with Gasteiger partial charge >= 0.3 is 6.18 Å². The van der Waals surface area contributed by atoms with E-state index < -0.39 is 17.6 Å². The molecule has 0 amide bonds. The summed E-state index contributed by atoms with van der Waals surface area (Å²) in [5, 5.41) is 9.01. The minimum absolute atomic E-state index is 0.226. The number of nitrogens with zero attached hydrogens (tertiary/aromatic N) is 1. The van der Waals surface area contributed by atoms with E-state index in [1.807, 2.05) is 0 Å². The van der Waals surface area contributed by atoms with Crippen LogP contribution in [0.2, 0.25) is 0 Å². The first-order chi connectivity index (χ1) is 8.38. The second-order valence-electron chi connectivity index (χ2n) is 3.66. The molecule has 0 aliphatic rings. The van der Waals surface area contributed by atoms with Crippen LogP contribution in [-0.4, -0.2) is 5.21 Å². The first-order valence-electron chi connectivity index (χ1n) is 4.95. The van der Waals surface area contributed by atoms with Crippen LogP contribution in [0.1, 0.15) is 5.56 Å². The molecule has 0 radical (unpaired) electrons. The van der Waals surface area contributed by atoms with E-state index in [0.717, 1.165) is 16.9 Å². The number of aromatic nitrogens is 1. The molecule has 0 fully saturated rings. The Labute approximate surface area is 99.7 Å². The molecular weight excluding hydrogens is 250 g/mol. The number of rotatable bonds is 1. The number of alkyl halides is 3. The standard InChI is InChI=1S/C12H8F4NO/c13-11-2-1-9(7-10(11)12(14,15)16)8-3-5-17(18)6-4-8/h1-7,18H/q+1. The predicted octanol–water partition coefficient (Wildman–Crippen LogP) is 3.04. The summed E-state index contributed by atoms with van der Waals surface area (Å²) >= 11 is 0. The van der Waals surface area contributed by atoms with Crippen molar-refractivity contribution < 1.29 is 27.5 Å². The molecule has 0 unspecified atom stereocenters. The van der Waals surface area contributed by atoms with E-state index in [4.69, 9.17) is 5.21 Å². The molecule has 1 heterocycles. The highest BCUT2D eigenvalue weighted by Crippen LogP contribution is 2.33. The largest absolute Gasteiger partial charge is 0.419 e. The van der Waals surface area contributed by atoms with Crippen LogP contribution in [0.5, 0.6) is 0 Å². The summed E-state index contributed by atoms with van der Waals surface area (Å²) in [4.78, 5) is 0. The summed E-state index contributed by atoms with van der Waals surface area (Å²) < 4.78 is 51.4. The number of hydrogen-bond acceptors (Lipinski definition) is 1. The third-order valence-corrected chi connectivity index (χ3v) is 2.42. The van der Waals surface area contributed by atoms with Crippen LogP contribution < -0.4 is 4.73 Å². The minimum atomic E-state index is -4.73. The van der Waals surface area contributed by atoms with Crippen molar-refractivity contribution in [2.75, 3.05) is 0 Å². The van der Waals surface area contributed by atoms with E-state index >= 15 is 0 Å². The van der Waals surface area contributed by atoms with Gasteiger partial charge in [0, 0.05) is 16.9 Å². The Kier molecular flexibility index (Phi) is 2.94. The summed E-state index contributed by atoms with van der Waals surface area (Å²) in [6.45, 7) is 0. The van der Waals surface area contributed by atoms with E-state index in [0.29, 0.717) is 5.56 Å². The third kappa shape index (κ3) is 2.42. The monoisotopic (exact) mass is 258 g/mol. The van der Waals surface area contributed by atoms with E-state index in [1.54, 1.807) is 0 Å². The maximum Gasteiger partial charge on any atom is 0.419 e. The van der Waals surface area contributed by atoms with Gasteiger partial charge in [0.25, 0.3) is 0 Å². The summed E-state index contributed by atoms with van der Waals surface area (Å²) in [6.07, 6.45) is -2.19. The Morgan fingerprint density at radius 3 is 2.11 bits per heavy atom. The lowest BCUT2D eigenvalue weighted by Crippen LogP contribution is -2.27. The topological polar surface area (TPSA) is 24.1 Å². The number of pyridine rings is 1. The fourth-order valence-electron chi connectivity index (χ4n) is 1.53. The maximum atomic E-state index is 13.1. The SMILES string of the molecule is O[n+]1ccc(-c2ccc(F)c(C(F)(F)F)c2)cc1. The van der Waals surface area contributed by atoms with Gasteiger partial charge in [-0.25, -0.2) is 4.39 Å². The molecule has 1 aromatic carbocycles. The van der Waals surface area contributed by atoms with Gasteiger partial charge in [0.15, 0.2) is 0 Å². The average molecular weight is 258 g/mol. The Balaban J connectivity index is 2.50. The highest BCUT2D eigenvalue weighted by atomic mass is 19.4. The smallest absolute Gasteiger partial charge is 0.285 e. The quantitative estimate of drug-likeness (QED) is 0.474. The van der Waals surface area contributed by atoms with Crippen LogP contribution in [0, 0.1) is 5.82 Å². The van der Waals surface area contributed by atoms with Crippen molar-refractivity contribution in [1.82, 2.24) is 0 Å². The third-order valence-electron chi connectivity index (χ3n) is 2.42. The van der Waals surface area contributed by atoms with E-state index in [2.05, 4.69) is 0 Å². The molecule has 1 N–H and O–H groups in total. The molecule has 0 aliphatic carbocycles. The molecule has 2 rings (SSSR count). The average Bonchev–Trinajstić information content (AvgIpc) is 2.29. The minimum Gasteiger partial charge on any atom is -0.285 e. The van der Waals surface area contributed by atoms with Crippen LogP contribution in [0.3, 0.4) is 0 Å². The summed E-state index contributed by atoms with van der Waals surface area (Å²) in [7, 11) is 0. The second-order valence-corrected chi connectivity index (χ2v) is 3.66. The van der Waals surface area contributed by atoms with Crippen LogP contribution >= 0.6 is 0 Å². The number of benzene rings is 1. The van der Waals surface area contributed by atoms with Gasteiger partial charge in [-0.15, -0.1) is 0 Å². The van der Waals surface area contributed by atoms with Crippen molar-refractivity contribution in [3.05, 3.63) is 54.1 Å². The van der Waals surface area contributed by atoms with Gasteiger partial charge in [-0.1, -0.05) is 6.07 Å². The zero-order chi connectivity index (χ0) is 13.3. The van der Waals surface area contributed by atoms with Gasteiger partial charge in [0.2, 0.25) is 12.4 Å². The number of halogens is 4. The molecule has 2 aromatic rings. The zero-order valence-electron chi connectivity index (χ0n) is 8.95. The molecule has 0 atom stereocenters. The Bertz CT molecular complexity index is 563. The van der Waals surface area contributed by atoms with Gasteiger partial charge in [-0.2, -0.15) is 13.2 Å². The van der Waals surface area contributed by atoms with Gasteiger partial charge in [0.1, 0.15) is 5.82 Å². The summed E-state index contributed by atoms with van der Waals surface area (Å²) in [5.74, 6) is -1.31. The van der Waals surface area contributed by atoms with Crippen molar-refractivity contribution in [3.8, 4) is 11.1 Å². The van der Waals surface area contributed by atoms with Crippen molar-refractivity contribution in [1.29, 1.82) is 0 Å². The molecular formula is C12H8F4NO+. The van der Waals surface area contributed by atoms with Crippen molar-refractivity contribution in [3.63, 3.8) is 0 Å². The van der Waals surface area contributed by atoms with Gasteiger partial charge in [-0.05, 0) is 23.3 Å². The normalized spacial score (nSPS) is 11.6. The molecule has 2 nitrogen and oxygen atoms in total. The Morgan fingerprint density at radius 2 is 1.56 bits per heavy atom. The van der Waals surface area contributed by atoms with Gasteiger partial charge in [-0.3, -0.25) is 5.21 Å². The molecule has 0 aliphatic heterocycles. The number of hydrogen-bond donors (Lipinski definition) is 1. The fraction of sp³-hybridized carbons (Fsp3) is 0.0833. The first-order valence-corrected chi connectivity index (χ1v) is 4.95. The Morgan fingerprint density at radius 1 is 0.944 bits per heavy atom. The predicted molar refractivity (Wildman–Crippen MR) is 54.2 cm³/mol. The zero-order valence-corrected chi connectivity index (χ0v) is 8.95. The van der Waals surface area contributed by atoms with E-state index in [1.165, 1.54) is 30.6 Å².